The summed E-state index contributed by atoms with van der Waals surface area (Å²) >= 11 is 12.1. The van der Waals surface area contributed by atoms with Crippen molar-refractivity contribution < 1.29 is 4.79 Å². The Labute approximate surface area is 188 Å². The summed E-state index contributed by atoms with van der Waals surface area (Å²) in [5.41, 5.74) is 9.46. The number of aromatic nitrogens is 3. The van der Waals surface area contributed by atoms with Crippen LogP contribution in [0.4, 0.5) is 5.82 Å². The molecule has 3 N–H and O–H groups in total. The van der Waals surface area contributed by atoms with Crippen LogP contribution in [-0.2, 0) is 0 Å². The lowest BCUT2D eigenvalue weighted by atomic mass is 10.2. The highest BCUT2D eigenvalue weighted by Crippen LogP contribution is 2.28. The van der Waals surface area contributed by atoms with Crippen LogP contribution in [0.25, 0.3) is 22.2 Å². The van der Waals surface area contributed by atoms with Crippen LogP contribution in [-0.4, -0.2) is 32.8 Å². The number of anilines is 1. The number of nitrogens with two attached hydrogens (primary N) is 1. The van der Waals surface area contributed by atoms with Gasteiger partial charge in [0.15, 0.2) is 5.65 Å². The normalized spacial score (nSPS) is 12.6. The quantitative estimate of drug-likeness (QED) is 0.419. The third-order valence-electron chi connectivity index (χ3n) is 4.96. The number of nitrogens with one attached hydrogen (secondary N) is 1. The largest absolute Gasteiger partial charge is 0.383 e. The number of rotatable bonds is 5. The molecule has 0 saturated heterocycles. The maximum Gasteiger partial charge on any atom is 0.257 e. The third kappa shape index (κ3) is 4.06. The minimum atomic E-state index is -0.315. The SMILES string of the molecule is CC[C@@H](C)NC(=O)c1c(N)n(/N=C\c2ccc(Cl)c(Cl)c2)c2nc3ccccc3nc12. The number of halogens is 2. The Kier molecular flexibility index (Phi) is 5.80. The van der Waals surface area contributed by atoms with Gasteiger partial charge in [-0.05, 0) is 43.2 Å². The van der Waals surface area contributed by atoms with Crippen LogP contribution in [0.2, 0.25) is 10.0 Å². The van der Waals surface area contributed by atoms with Crippen LogP contribution in [0.3, 0.4) is 0 Å². The smallest absolute Gasteiger partial charge is 0.257 e. The van der Waals surface area contributed by atoms with E-state index in [0.717, 1.165) is 12.0 Å². The first kappa shape index (κ1) is 21.1. The van der Waals surface area contributed by atoms with E-state index in [9.17, 15) is 4.79 Å². The van der Waals surface area contributed by atoms with Crippen LogP contribution in [0.5, 0.6) is 0 Å². The lowest BCUT2D eigenvalue weighted by Gasteiger charge is -2.11. The molecule has 0 spiro atoms. The van der Waals surface area contributed by atoms with Gasteiger partial charge in [0.1, 0.15) is 16.9 Å². The fraction of sp³-hybridized carbons (Fsp3) is 0.182. The molecule has 9 heteroatoms. The second-order valence-electron chi connectivity index (χ2n) is 7.16. The van der Waals surface area contributed by atoms with Crippen molar-refractivity contribution in [3.8, 4) is 0 Å². The lowest BCUT2D eigenvalue weighted by molar-refractivity contribution is 0.0941. The number of fused-ring (bicyclic) bond motifs is 2. The summed E-state index contributed by atoms with van der Waals surface area (Å²) in [6.45, 7) is 3.92. The van der Waals surface area contributed by atoms with E-state index >= 15 is 0 Å². The van der Waals surface area contributed by atoms with Gasteiger partial charge >= 0.3 is 0 Å². The van der Waals surface area contributed by atoms with Crippen molar-refractivity contribution in [3.63, 3.8) is 0 Å². The molecule has 7 nitrogen and oxygen atoms in total. The zero-order chi connectivity index (χ0) is 22.1. The number of carbonyl (C=O) groups excluding carboxylic acids is 1. The number of benzene rings is 2. The van der Waals surface area contributed by atoms with E-state index in [4.69, 9.17) is 28.9 Å². The zero-order valence-corrected chi connectivity index (χ0v) is 18.4. The van der Waals surface area contributed by atoms with Crippen molar-refractivity contribution in [1.29, 1.82) is 0 Å². The predicted octanol–water partition coefficient (Wildman–Crippen LogP) is 4.88. The van der Waals surface area contributed by atoms with Gasteiger partial charge in [-0.3, -0.25) is 4.79 Å². The van der Waals surface area contributed by atoms with E-state index in [2.05, 4.69) is 20.4 Å². The average molecular weight is 455 g/mol. The number of hydrogen-bond donors (Lipinski definition) is 2. The van der Waals surface area contributed by atoms with Gasteiger partial charge in [0.2, 0.25) is 0 Å². The lowest BCUT2D eigenvalue weighted by Crippen LogP contribution is -2.32. The van der Waals surface area contributed by atoms with Crippen LogP contribution in [0.15, 0.2) is 47.6 Å². The molecule has 0 bridgehead atoms. The van der Waals surface area contributed by atoms with E-state index in [1.54, 1.807) is 24.4 Å². The number of nitrogens with zero attached hydrogens (tertiary/aromatic N) is 4. The monoisotopic (exact) mass is 454 g/mol. The summed E-state index contributed by atoms with van der Waals surface area (Å²) in [5, 5.41) is 8.27. The van der Waals surface area contributed by atoms with Gasteiger partial charge in [0.25, 0.3) is 5.91 Å². The van der Waals surface area contributed by atoms with Gasteiger partial charge in [-0.15, -0.1) is 0 Å². The Morgan fingerprint density at radius 2 is 1.90 bits per heavy atom. The van der Waals surface area contributed by atoms with E-state index < -0.39 is 0 Å². The number of para-hydroxylation sites is 2. The number of carbonyl (C=O) groups is 1. The summed E-state index contributed by atoms with van der Waals surface area (Å²) in [7, 11) is 0. The Balaban J connectivity index is 1.90. The fourth-order valence-corrected chi connectivity index (χ4v) is 3.41. The van der Waals surface area contributed by atoms with Gasteiger partial charge in [-0.1, -0.05) is 48.3 Å². The van der Waals surface area contributed by atoms with Crippen LogP contribution in [0.1, 0.15) is 36.2 Å². The molecule has 0 aliphatic rings. The summed E-state index contributed by atoms with van der Waals surface area (Å²) in [4.78, 5) is 22.3. The van der Waals surface area contributed by atoms with Gasteiger partial charge in [0, 0.05) is 6.04 Å². The van der Waals surface area contributed by atoms with E-state index in [-0.39, 0.29) is 23.3 Å². The number of nitrogen functional groups attached to an aromatic ring is 1. The van der Waals surface area contributed by atoms with Crippen molar-refractivity contribution in [3.05, 3.63) is 63.6 Å². The van der Waals surface area contributed by atoms with Crippen molar-refractivity contribution in [2.75, 3.05) is 5.73 Å². The molecule has 1 amide bonds. The first-order chi connectivity index (χ1) is 14.9. The molecule has 2 aromatic heterocycles. The van der Waals surface area contributed by atoms with Crippen molar-refractivity contribution in [1.82, 2.24) is 20.0 Å². The van der Waals surface area contributed by atoms with Gasteiger partial charge in [-0.2, -0.15) is 9.78 Å². The summed E-state index contributed by atoms with van der Waals surface area (Å²) in [6.07, 6.45) is 2.36. The molecular formula is C22H20Cl2N6O. The molecule has 0 fully saturated rings. The van der Waals surface area contributed by atoms with E-state index in [1.165, 1.54) is 4.68 Å². The topological polar surface area (TPSA) is 98.2 Å². The molecule has 0 radical (unpaired) electrons. The second-order valence-corrected chi connectivity index (χ2v) is 7.97. The number of hydrogen-bond acceptors (Lipinski definition) is 5. The summed E-state index contributed by atoms with van der Waals surface area (Å²) in [6, 6.07) is 12.5. The highest BCUT2D eigenvalue weighted by Gasteiger charge is 2.24. The minimum absolute atomic E-state index is 0.0153. The van der Waals surface area contributed by atoms with Crippen molar-refractivity contribution in [2.24, 2.45) is 5.10 Å². The Morgan fingerprint density at radius 1 is 1.19 bits per heavy atom. The van der Waals surface area contributed by atoms with Crippen LogP contribution in [0, 0.1) is 0 Å². The molecule has 0 saturated carbocycles. The number of amides is 1. The first-order valence-electron chi connectivity index (χ1n) is 9.76. The maximum absolute atomic E-state index is 13.0. The molecular weight excluding hydrogens is 435 g/mol. The molecule has 2 aromatic carbocycles. The molecule has 31 heavy (non-hydrogen) atoms. The molecule has 1 atom stereocenters. The van der Waals surface area contributed by atoms with Crippen molar-refractivity contribution >= 4 is 63.3 Å². The van der Waals surface area contributed by atoms with E-state index in [0.29, 0.717) is 32.2 Å². The molecule has 0 aliphatic carbocycles. The fourth-order valence-electron chi connectivity index (χ4n) is 3.10. The Hall–Kier alpha value is -3.16. The minimum Gasteiger partial charge on any atom is -0.383 e. The summed E-state index contributed by atoms with van der Waals surface area (Å²) < 4.78 is 1.42. The zero-order valence-electron chi connectivity index (χ0n) is 16.9. The standard InChI is InChI=1S/C22H20Cl2N6O/c1-3-12(2)27-22(31)18-19-21(29-17-7-5-4-6-16(17)28-19)30(20(18)25)26-11-13-8-9-14(23)15(24)10-13/h4-12H,3,25H2,1-2H3,(H,27,31)/b26-11-/t12-/m1/s1. The summed E-state index contributed by atoms with van der Waals surface area (Å²) in [5.74, 6) is -0.160. The van der Waals surface area contributed by atoms with E-state index in [1.807, 2.05) is 38.1 Å². The Morgan fingerprint density at radius 3 is 2.58 bits per heavy atom. The molecule has 158 valence electrons. The molecule has 2 heterocycles. The first-order valence-corrected chi connectivity index (χ1v) is 10.5. The molecule has 0 unspecified atom stereocenters. The van der Waals surface area contributed by atoms with Crippen molar-refractivity contribution in [2.45, 2.75) is 26.3 Å². The predicted molar refractivity (Wildman–Crippen MR) is 126 cm³/mol. The van der Waals surface area contributed by atoms with Crippen LogP contribution < -0.4 is 11.1 Å². The molecule has 4 aromatic rings. The average Bonchev–Trinajstić information content (AvgIpc) is 3.03. The molecule has 0 aliphatic heterocycles. The maximum atomic E-state index is 13.0. The third-order valence-corrected chi connectivity index (χ3v) is 5.70. The van der Waals surface area contributed by atoms with Gasteiger partial charge in [-0.25, -0.2) is 9.97 Å². The van der Waals surface area contributed by atoms with Gasteiger partial charge < -0.3 is 11.1 Å². The Bertz CT molecular complexity index is 1330. The van der Waals surface area contributed by atoms with Crippen LogP contribution >= 0.6 is 23.2 Å². The molecule has 4 rings (SSSR count). The highest BCUT2D eigenvalue weighted by molar-refractivity contribution is 6.42. The van der Waals surface area contributed by atoms with Gasteiger partial charge in [0.05, 0.1) is 27.3 Å². The second kappa shape index (κ2) is 8.53. The highest BCUT2D eigenvalue weighted by atomic mass is 35.5.